The van der Waals surface area contributed by atoms with Gasteiger partial charge in [-0.2, -0.15) is 5.26 Å². The summed E-state index contributed by atoms with van der Waals surface area (Å²) < 4.78 is 14.7. The van der Waals surface area contributed by atoms with Crippen molar-refractivity contribution < 1.29 is 9.47 Å². The van der Waals surface area contributed by atoms with E-state index >= 15 is 0 Å². The van der Waals surface area contributed by atoms with Crippen LogP contribution in [0.3, 0.4) is 0 Å². The molecular weight excluding hydrogens is 436 g/mol. The van der Waals surface area contributed by atoms with Crippen LogP contribution in [0.1, 0.15) is 11.3 Å². The summed E-state index contributed by atoms with van der Waals surface area (Å²) in [6.45, 7) is 1.76. The van der Waals surface area contributed by atoms with Crippen molar-refractivity contribution in [2.24, 2.45) is 12.0 Å². The fraction of sp³-hybridized carbons (Fsp3) is 0.190. The Morgan fingerprint density at radius 1 is 1.28 bits per heavy atom. The molecule has 29 heavy (non-hydrogen) atoms. The number of benzene rings is 2. The van der Waals surface area contributed by atoms with E-state index in [1.165, 1.54) is 7.11 Å². The number of nitriles is 1. The summed E-state index contributed by atoms with van der Waals surface area (Å²) in [4.78, 5) is 17.4. The summed E-state index contributed by atoms with van der Waals surface area (Å²) in [5.41, 5.74) is 2.39. The first-order valence-corrected chi connectivity index (χ1v) is 9.52. The summed E-state index contributed by atoms with van der Waals surface area (Å²) in [7, 11) is 3.34. The lowest BCUT2D eigenvalue weighted by Gasteiger charge is -2.11. The monoisotopic (exact) mass is 454 g/mol. The van der Waals surface area contributed by atoms with E-state index in [0.717, 1.165) is 11.4 Å². The second kappa shape index (κ2) is 8.80. The van der Waals surface area contributed by atoms with E-state index in [-0.39, 0.29) is 12.2 Å². The Labute approximate surface area is 176 Å². The molecule has 0 atom stereocenters. The average molecular weight is 455 g/mol. The minimum absolute atomic E-state index is 0.0926. The van der Waals surface area contributed by atoms with Crippen molar-refractivity contribution in [3.8, 4) is 23.3 Å². The second-order valence-electron chi connectivity index (χ2n) is 6.15. The van der Waals surface area contributed by atoms with Crippen molar-refractivity contribution in [2.45, 2.75) is 6.92 Å². The first-order valence-electron chi connectivity index (χ1n) is 8.73. The molecule has 0 spiro atoms. The van der Waals surface area contributed by atoms with E-state index < -0.39 is 0 Å². The van der Waals surface area contributed by atoms with Crippen molar-refractivity contribution in [1.82, 2.24) is 9.36 Å². The molecule has 0 amide bonds. The van der Waals surface area contributed by atoms with Gasteiger partial charge in [-0.05, 0) is 52.7 Å². The summed E-state index contributed by atoms with van der Waals surface area (Å²) >= 11 is 3.42. The molecule has 8 heteroatoms. The molecule has 3 aromatic rings. The molecule has 0 aliphatic carbocycles. The maximum absolute atomic E-state index is 12.9. The van der Waals surface area contributed by atoms with Gasteiger partial charge in [-0.1, -0.05) is 18.2 Å². The molecule has 2 aromatic carbocycles. The number of methoxy groups -OCH3 is 1. The molecule has 0 fully saturated rings. The van der Waals surface area contributed by atoms with Gasteiger partial charge in [0, 0.05) is 13.3 Å². The van der Waals surface area contributed by atoms with Crippen LogP contribution in [-0.4, -0.2) is 29.3 Å². The Bertz CT molecular complexity index is 1160. The minimum Gasteiger partial charge on any atom is -0.493 e. The number of aromatic nitrogens is 2. The van der Waals surface area contributed by atoms with Crippen molar-refractivity contribution in [3.63, 3.8) is 0 Å². The number of para-hydroxylation sites is 1. The standard InChI is InChI=1S/C21H19BrN4O3/c1-14-19(21(27)26(25(14)2)16-7-5-4-6-8-16)24-13-15-11-17(22)20(29-10-9-23)18(12-15)28-3/h4-8,11-13H,10H2,1-3H3. The number of nitrogens with zero attached hydrogens (tertiary/aromatic N) is 4. The van der Waals surface area contributed by atoms with Gasteiger partial charge in [-0.15, -0.1) is 0 Å². The molecule has 0 saturated carbocycles. The Morgan fingerprint density at radius 2 is 2.00 bits per heavy atom. The smallest absolute Gasteiger partial charge is 0.297 e. The molecule has 0 saturated heterocycles. The summed E-state index contributed by atoms with van der Waals surface area (Å²) in [6.07, 6.45) is 1.60. The lowest BCUT2D eigenvalue weighted by molar-refractivity contribution is 0.327. The molecule has 3 rings (SSSR count). The van der Waals surface area contributed by atoms with Gasteiger partial charge in [0.15, 0.2) is 23.8 Å². The van der Waals surface area contributed by atoms with E-state index in [1.807, 2.05) is 50.4 Å². The predicted octanol–water partition coefficient (Wildman–Crippen LogP) is 3.91. The number of rotatable bonds is 6. The number of ether oxygens (including phenoxy) is 2. The molecule has 1 aromatic heterocycles. The van der Waals surface area contributed by atoms with E-state index in [0.29, 0.717) is 27.2 Å². The first-order chi connectivity index (χ1) is 14.0. The number of hydrogen-bond donors (Lipinski definition) is 0. The number of hydrogen-bond acceptors (Lipinski definition) is 5. The number of aliphatic imine (C=N–C) groups is 1. The Morgan fingerprint density at radius 3 is 2.66 bits per heavy atom. The summed E-state index contributed by atoms with van der Waals surface area (Å²) in [6, 6.07) is 14.8. The molecule has 0 unspecified atom stereocenters. The van der Waals surface area contributed by atoms with E-state index in [2.05, 4.69) is 20.9 Å². The molecule has 0 aliphatic heterocycles. The van der Waals surface area contributed by atoms with Crippen molar-refractivity contribution in [3.05, 3.63) is 68.5 Å². The van der Waals surface area contributed by atoms with Gasteiger partial charge in [-0.25, -0.2) is 9.67 Å². The van der Waals surface area contributed by atoms with Gasteiger partial charge >= 0.3 is 0 Å². The highest BCUT2D eigenvalue weighted by Gasteiger charge is 2.15. The van der Waals surface area contributed by atoms with Gasteiger partial charge in [0.2, 0.25) is 0 Å². The Balaban J connectivity index is 2.00. The lowest BCUT2D eigenvalue weighted by Crippen LogP contribution is -2.19. The molecule has 0 bridgehead atoms. The third kappa shape index (κ3) is 4.10. The van der Waals surface area contributed by atoms with Gasteiger partial charge in [0.25, 0.3) is 5.56 Å². The van der Waals surface area contributed by atoms with Crippen molar-refractivity contribution >= 4 is 27.8 Å². The Kier molecular flexibility index (Phi) is 6.20. The van der Waals surface area contributed by atoms with Gasteiger partial charge in [0.05, 0.1) is 23.0 Å². The van der Waals surface area contributed by atoms with Crippen molar-refractivity contribution in [2.75, 3.05) is 13.7 Å². The van der Waals surface area contributed by atoms with Crippen LogP contribution in [-0.2, 0) is 7.05 Å². The highest BCUT2D eigenvalue weighted by molar-refractivity contribution is 9.10. The molecular formula is C21H19BrN4O3. The molecule has 7 nitrogen and oxygen atoms in total. The van der Waals surface area contributed by atoms with Gasteiger partial charge < -0.3 is 9.47 Å². The summed E-state index contributed by atoms with van der Waals surface area (Å²) in [5.74, 6) is 0.899. The largest absolute Gasteiger partial charge is 0.493 e. The molecule has 1 heterocycles. The minimum atomic E-state index is -0.201. The van der Waals surface area contributed by atoms with Crippen LogP contribution in [0.2, 0.25) is 0 Å². The van der Waals surface area contributed by atoms with Crippen LogP contribution in [0.25, 0.3) is 5.69 Å². The van der Waals surface area contributed by atoms with Crippen LogP contribution in [0.4, 0.5) is 5.69 Å². The normalized spacial score (nSPS) is 10.9. The van der Waals surface area contributed by atoms with Crippen LogP contribution < -0.4 is 15.0 Å². The zero-order valence-electron chi connectivity index (χ0n) is 16.2. The predicted molar refractivity (Wildman–Crippen MR) is 115 cm³/mol. The zero-order valence-corrected chi connectivity index (χ0v) is 17.8. The molecule has 0 N–H and O–H groups in total. The molecule has 0 radical (unpaired) electrons. The van der Waals surface area contributed by atoms with E-state index in [9.17, 15) is 4.79 Å². The zero-order chi connectivity index (χ0) is 21.0. The van der Waals surface area contributed by atoms with Crippen LogP contribution in [0.15, 0.2) is 56.7 Å². The van der Waals surface area contributed by atoms with Crippen molar-refractivity contribution in [1.29, 1.82) is 5.26 Å². The maximum atomic E-state index is 12.9. The topological polar surface area (TPSA) is 81.5 Å². The van der Waals surface area contributed by atoms with Crippen LogP contribution >= 0.6 is 15.9 Å². The lowest BCUT2D eigenvalue weighted by atomic mass is 10.2. The quantitative estimate of drug-likeness (QED) is 0.528. The fourth-order valence-corrected chi connectivity index (χ4v) is 3.47. The highest BCUT2D eigenvalue weighted by atomic mass is 79.9. The third-order valence-electron chi connectivity index (χ3n) is 4.40. The van der Waals surface area contributed by atoms with Gasteiger partial charge in [-0.3, -0.25) is 9.48 Å². The molecule has 0 aliphatic rings. The van der Waals surface area contributed by atoms with E-state index in [1.54, 1.807) is 27.7 Å². The van der Waals surface area contributed by atoms with Gasteiger partial charge in [0.1, 0.15) is 6.07 Å². The van der Waals surface area contributed by atoms with E-state index in [4.69, 9.17) is 14.7 Å². The van der Waals surface area contributed by atoms with Crippen LogP contribution in [0, 0.1) is 18.3 Å². The maximum Gasteiger partial charge on any atom is 0.297 e. The average Bonchev–Trinajstić information content (AvgIpc) is 2.94. The van der Waals surface area contributed by atoms with Crippen LogP contribution in [0.5, 0.6) is 11.5 Å². The summed E-state index contributed by atoms with van der Waals surface area (Å²) in [5, 5.41) is 8.72. The third-order valence-corrected chi connectivity index (χ3v) is 4.99. The highest BCUT2D eigenvalue weighted by Crippen LogP contribution is 2.36. The number of halogens is 1. The molecule has 148 valence electrons. The second-order valence-corrected chi connectivity index (χ2v) is 7.00. The SMILES string of the molecule is COc1cc(C=Nc2c(C)n(C)n(-c3ccccc3)c2=O)cc(Br)c1OCC#N. The Hall–Kier alpha value is -3.31. The fourth-order valence-electron chi connectivity index (χ4n) is 2.90. The first kappa shape index (κ1) is 20.4.